The Morgan fingerprint density at radius 3 is 2.50 bits per heavy atom. The smallest absolute Gasteiger partial charge is 0.315 e. The second-order valence-corrected chi connectivity index (χ2v) is 5.40. The van der Waals surface area contributed by atoms with E-state index in [9.17, 15) is 14.0 Å². The molecule has 0 bridgehead atoms. The Bertz CT molecular complexity index is 506. The summed E-state index contributed by atoms with van der Waals surface area (Å²) in [6.07, 6.45) is 0.449. The van der Waals surface area contributed by atoms with Crippen LogP contribution in [0, 0.1) is 5.82 Å². The van der Waals surface area contributed by atoms with Gasteiger partial charge in [0, 0.05) is 32.6 Å². The van der Waals surface area contributed by atoms with E-state index in [0.29, 0.717) is 31.6 Å². The molecule has 122 valence electrons. The molecule has 22 heavy (non-hydrogen) atoms. The first-order chi connectivity index (χ1) is 10.4. The van der Waals surface area contributed by atoms with Crippen molar-refractivity contribution < 1.29 is 14.0 Å². The van der Waals surface area contributed by atoms with Gasteiger partial charge in [0.05, 0.1) is 0 Å². The zero-order chi connectivity index (χ0) is 16.5. The number of hydrogen-bond acceptors (Lipinski definition) is 2. The van der Waals surface area contributed by atoms with Crippen molar-refractivity contribution in [1.29, 1.82) is 0 Å². The van der Waals surface area contributed by atoms with Crippen LogP contribution in [0.25, 0.3) is 0 Å². The molecule has 0 aromatic heterocycles. The molecule has 0 spiro atoms. The van der Waals surface area contributed by atoms with Gasteiger partial charge in [0.1, 0.15) is 5.82 Å². The summed E-state index contributed by atoms with van der Waals surface area (Å²) >= 11 is 0. The summed E-state index contributed by atoms with van der Waals surface area (Å²) in [7, 11) is 0. The highest BCUT2D eigenvalue weighted by atomic mass is 19.1. The van der Waals surface area contributed by atoms with Crippen LogP contribution in [-0.4, -0.2) is 42.5 Å². The van der Waals surface area contributed by atoms with E-state index in [1.165, 1.54) is 13.0 Å². The monoisotopic (exact) mass is 309 g/mol. The molecule has 3 amide bonds. The predicted molar refractivity (Wildman–Crippen MR) is 84.0 cm³/mol. The minimum atomic E-state index is -0.263. The lowest BCUT2D eigenvalue weighted by Gasteiger charge is -2.21. The maximum absolute atomic E-state index is 13.6. The van der Waals surface area contributed by atoms with Crippen molar-refractivity contribution in [2.24, 2.45) is 0 Å². The lowest BCUT2D eigenvalue weighted by molar-refractivity contribution is -0.128. The minimum absolute atomic E-state index is 0.0602. The molecule has 0 saturated carbocycles. The quantitative estimate of drug-likeness (QED) is 0.808. The van der Waals surface area contributed by atoms with E-state index in [2.05, 4.69) is 10.6 Å². The van der Waals surface area contributed by atoms with Crippen LogP contribution in [-0.2, 0) is 11.2 Å². The van der Waals surface area contributed by atoms with Crippen LogP contribution in [0.1, 0.15) is 26.3 Å². The van der Waals surface area contributed by atoms with Crippen molar-refractivity contribution in [3.05, 3.63) is 35.6 Å². The molecule has 0 aliphatic rings. The van der Waals surface area contributed by atoms with E-state index < -0.39 is 0 Å². The summed E-state index contributed by atoms with van der Waals surface area (Å²) in [5.74, 6) is -0.358. The summed E-state index contributed by atoms with van der Waals surface area (Å²) in [5.41, 5.74) is 0.583. The van der Waals surface area contributed by atoms with Gasteiger partial charge in [-0.3, -0.25) is 4.79 Å². The average molecular weight is 309 g/mol. The molecule has 0 atom stereocenters. The molecular formula is C16H24FN3O2. The summed E-state index contributed by atoms with van der Waals surface area (Å²) in [6.45, 7) is 6.38. The number of urea groups is 1. The Labute approximate surface area is 130 Å². The summed E-state index contributed by atoms with van der Waals surface area (Å²) in [4.78, 5) is 24.7. The molecule has 1 aromatic rings. The Balaban J connectivity index is 2.41. The second kappa shape index (κ2) is 9.02. The maximum atomic E-state index is 13.6. The van der Waals surface area contributed by atoms with Crippen molar-refractivity contribution in [3.8, 4) is 0 Å². The van der Waals surface area contributed by atoms with Crippen molar-refractivity contribution in [2.75, 3.05) is 19.6 Å². The van der Waals surface area contributed by atoms with E-state index in [0.717, 1.165) is 0 Å². The van der Waals surface area contributed by atoms with Crippen molar-refractivity contribution in [2.45, 2.75) is 33.2 Å². The van der Waals surface area contributed by atoms with Gasteiger partial charge in [-0.25, -0.2) is 9.18 Å². The van der Waals surface area contributed by atoms with Crippen LogP contribution < -0.4 is 10.6 Å². The van der Waals surface area contributed by atoms with E-state index in [4.69, 9.17) is 0 Å². The van der Waals surface area contributed by atoms with E-state index in [1.54, 1.807) is 23.1 Å². The molecule has 0 fully saturated rings. The van der Waals surface area contributed by atoms with Crippen LogP contribution in [0.2, 0.25) is 0 Å². The fourth-order valence-corrected chi connectivity index (χ4v) is 2.00. The standard InChI is InChI=1S/C16H24FN3O2/c1-12(2)19-16(22)18-9-11-20(13(3)21)10-8-14-6-4-5-7-15(14)17/h4-7,12H,8-11H2,1-3H3,(H2,18,19,22). The van der Waals surface area contributed by atoms with Crippen molar-refractivity contribution in [3.63, 3.8) is 0 Å². The fourth-order valence-electron chi connectivity index (χ4n) is 2.00. The van der Waals surface area contributed by atoms with Gasteiger partial charge in [0.2, 0.25) is 5.91 Å². The normalized spacial score (nSPS) is 10.4. The maximum Gasteiger partial charge on any atom is 0.315 e. The molecule has 5 nitrogen and oxygen atoms in total. The van der Waals surface area contributed by atoms with Gasteiger partial charge in [0.15, 0.2) is 0 Å². The van der Waals surface area contributed by atoms with Crippen molar-refractivity contribution in [1.82, 2.24) is 15.5 Å². The SMILES string of the molecule is CC(=O)N(CCNC(=O)NC(C)C)CCc1ccccc1F. The predicted octanol–water partition coefficient (Wildman–Crippen LogP) is 1.92. The number of carbonyl (C=O) groups is 2. The van der Waals surface area contributed by atoms with Crippen LogP contribution in [0.4, 0.5) is 9.18 Å². The Morgan fingerprint density at radius 2 is 1.91 bits per heavy atom. The van der Waals surface area contributed by atoms with Crippen LogP contribution >= 0.6 is 0 Å². The number of rotatable bonds is 7. The van der Waals surface area contributed by atoms with Gasteiger partial charge in [-0.1, -0.05) is 18.2 Å². The van der Waals surface area contributed by atoms with Crippen LogP contribution in [0.15, 0.2) is 24.3 Å². The zero-order valence-corrected chi connectivity index (χ0v) is 13.4. The molecule has 0 saturated heterocycles. The number of hydrogen-bond donors (Lipinski definition) is 2. The molecule has 2 N–H and O–H groups in total. The van der Waals surface area contributed by atoms with Gasteiger partial charge >= 0.3 is 6.03 Å². The molecule has 0 aliphatic heterocycles. The Morgan fingerprint density at radius 1 is 1.23 bits per heavy atom. The van der Waals surface area contributed by atoms with Gasteiger partial charge in [-0.2, -0.15) is 0 Å². The summed E-state index contributed by atoms with van der Waals surface area (Å²) in [5, 5.41) is 5.40. The first kappa shape index (κ1) is 17.9. The largest absolute Gasteiger partial charge is 0.341 e. The van der Waals surface area contributed by atoms with Crippen LogP contribution in [0.3, 0.4) is 0 Å². The summed E-state index contributed by atoms with van der Waals surface area (Å²) in [6, 6.07) is 6.33. The molecule has 1 aromatic carbocycles. The van der Waals surface area contributed by atoms with E-state index in [-0.39, 0.29) is 23.8 Å². The molecular weight excluding hydrogens is 285 g/mol. The first-order valence-electron chi connectivity index (χ1n) is 7.43. The highest BCUT2D eigenvalue weighted by Crippen LogP contribution is 2.07. The van der Waals surface area contributed by atoms with E-state index >= 15 is 0 Å². The molecule has 6 heteroatoms. The fraction of sp³-hybridized carbons (Fsp3) is 0.500. The topological polar surface area (TPSA) is 61.4 Å². The molecule has 0 radical (unpaired) electrons. The third-order valence-corrected chi connectivity index (χ3v) is 3.14. The molecule has 1 rings (SSSR count). The lowest BCUT2D eigenvalue weighted by Crippen LogP contribution is -2.44. The molecule has 0 heterocycles. The summed E-state index contributed by atoms with van der Waals surface area (Å²) < 4.78 is 13.6. The number of nitrogens with zero attached hydrogens (tertiary/aromatic N) is 1. The van der Waals surface area contributed by atoms with Gasteiger partial charge in [-0.15, -0.1) is 0 Å². The second-order valence-electron chi connectivity index (χ2n) is 5.40. The molecule has 0 aliphatic carbocycles. The Hall–Kier alpha value is -2.11. The van der Waals surface area contributed by atoms with Crippen LogP contribution in [0.5, 0.6) is 0 Å². The third-order valence-electron chi connectivity index (χ3n) is 3.14. The van der Waals surface area contributed by atoms with Gasteiger partial charge in [0.25, 0.3) is 0 Å². The number of nitrogens with one attached hydrogen (secondary N) is 2. The highest BCUT2D eigenvalue weighted by molar-refractivity contribution is 5.75. The zero-order valence-electron chi connectivity index (χ0n) is 13.4. The van der Waals surface area contributed by atoms with Gasteiger partial charge < -0.3 is 15.5 Å². The lowest BCUT2D eigenvalue weighted by atomic mass is 10.1. The highest BCUT2D eigenvalue weighted by Gasteiger charge is 2.11. The number of halogens is 1. The number of carbonyl (C=O) groups excluding carboxylic acids is 2. The third kappa shape index (κ3) is 6.56. The number of amides is 3. The van der Waals surface area contributed by atoms with E-state index in [1.807, 2.05) is 13.8 Å². The Kier molecular flexibility index (Phi) is 7.36. The average Bonchev–Trinajstić information content (AvgIpc) is 2.43. The minimum Gasteiger partial charge on any atom is -0.341 e. The van der Waals surface area contributed by atoms with Gasteiger partial charge in [-0.05, 0) is 31.9 Å². The molecule has 0 unspecified atom stereocenters. The first-order valence-corrected chi connectivity index (χ1v) is 7.43. The number of benzene rings is 1. The van der Waals surface area contributed by atoms with Crippen molar-refractivity contribution >= 4 is 11.9 Å².